The summed E-state index contributed by atoms with van der Waals surface area (Å²) in [5, 5.41) is 2.27. The molecule has 1 amide bonds. The Kier molecular flexibility index (Phi) is 13.4. The molecule has 0 aromatic rings. The Morgan fingerprint density at radius 2 is 1.52 bits per heavy atom. The number of carbonyl (C=O) groups excluding carboxylic acids is 2. The van der Waals surface area contributed by atoms with Gasteiger partial charge in [-0.05, 0) is 31.1 Å². The summed E-state index contributed by atoms with van der Waals surface area (Å²) in [6.07, 6.45) is 1.35. The summed E-state index contributed by atoms with van der Waals surface area (Å²) in [7, 11) is 0. The number of amides is 1. The number of Topliss-reactive ketones (excluding diaryl/α,β-unsaturated/α-hetero) is 1. The average molecular weight is 346 g/mol. The SMILES string of the molecule is C=C(C)C(=O)CCCOCCOCCOCCC(=O)NC(N)=S. The summed E-state index contributed by atoms with van der Waals surface area (Å²) in [4.78, 5) is 22.4. The molecule has 0 aromatic carbocycles. The van der Waals surface area contributed by atoms with Crippen LogP contribution in [0.1, 0.15) is 26.2 Å². The van der Waals surface area contributed by atoms with Gasteiger partial charge in [0.15, 0.2) is 10.9 Å². The smallest absolute Gasteiger partial charge is 0.228 e. The molecule has 0 saturated carbocycles. The van der Waals surface area contributed by atoms with Crippen molar-refractivity contribution in [1.82, 2.24) is 5.32 Å². The molecule has 0 rings (SSSR count). The first-order chi connectivity index (χ1) is 10.9. The van der Waals surface area contributed by atoms with E-state index < -0.39 is 0 Å². The van der Waals surface area contributed by atoms with E-state index in [1.165, 1.54) is 0 Å². The van der Waals surface area contributed by atoms with Crippen molar-refractivity contribution in [3.8, 4) is 0 Å². The normalized spacial score (nSPS) is 10.3. The molecule has 8 heteroatoms. The molecule has 7 nitrogen and oxygen atoms in total. The second-order valence-corrected chi connectivity index (χ2v) is 5.25. The maximum absolute atomic E-state index is 11.3. The molecule has 0 fully saturated rings. The highest BCUT2D eigenvalue weighted by Crippen LogP contribution is 1.99. The molecule has 0 aromatic heterocycles. The van der Waals surface area contributed by atoms with Gasteiger partial charge in [-0.2, -0.15) is 0 Å². The van der Waals surface area contributed by atoms with E-state index in [1.807, 2.05) is 0 Å². The Hall–Kier alpha value is -1.35. The van der Waals surface area contributed by atoms with E-state index in [4.69, 9.17) is 19.9 Å². The summed E-state index contributed by atoms with van der Waals surface area (Å²) in [6.45, 7) is 7.86. The molecule has 0 atom stereocenters. The number of nitrogens with one attached hydrogen (secondary N) is 1. The largest absolute Gasteiger partial charge is 0.379 e. The van der Waals surface area contributed by atoms with E-state index in [9.17, 15) is 9.59 Å². The van der Waals surface area contributed by atoms with Crippen LogP contribution in [0.5, 0.6) is 0 Å². The molecule has 0 spiro atoms. The van der Waals surface area contributed by atoms with Crippen molar-refractivity contribution in [2.45, 2.75) is 26.2 Å². The second kappa shape index (κ2) is 14.3. The molecule has 0 aliphatic rings. The second-order valence-electron chi connectivity index (χ2n) is 4.81. The first-order valence-electron chi connectivity index (χ1n) is 7.44. The first-order valence-corrected chi connectivity index (χ1v) is 7.85. The van der Waals surface area contributed by atoms with Gasteiger partial charge >= 0.3 is 0 Å². The molecule has 0 aliphatic carbocycles. The van der Waals surface area contributed by atoms with Crippen LogP contribution in [-0.2, 0) is 23.8 Å². The molecule has 132 valence electrons. The number of ketones is 1. The van der Waals surface area contributed by atoms with Crippen LogP contribution in [0.15, 0.2) is 12.2 Å². The molecule has 0 aliphatic heterocycles. The molecular formula is C15H26N2O5S. The van der Waals surface area contributed by atoms with Crippen LogP contribution in [-0.4, -0.2) is 56.4 Å². The highest BCUT2D eigenvalue weighted by Gasteiger charge is 2.02. The fourth-order valence-corrected chi connectivity index (χ4v) is 1.57. The van der Waals surface area contributed by atoms with Crippen LogP contribution in [0.4, 0.5) is 0 Å². The van der Waals surface area contributed by atoms with Crippen molar-refractivity contribution in [2.75, 3.05) is 39.6 Å². The van der Waals surface area contributed by atoms with Gasteiger partial charge in [0.25, 0.3) is 0 Å². The Labute approximate surface area is 142 Å². The molecule has 0 radical (unpaired) electrons. The molecule has 0 saturated heterocycles. The third-order valence-corrected chi connectivity index (χ3v) is 2.75. The Bertz CT molecular complexity index is 401. The topological polar surface area (TPSA) is 99.9 Å². The maximum Gasteiger partial charge on any atom is 0.228 e. The van der Waals surface area contributed by atoms with E-state index in [2.05, 4.69) is 24.1 Å². The van der Waals surface area contributed by atoms with Gasteiger partial charge in [0.2, 0.25) is 5.91 Å². The van der Waals surface area contributed by atoms with E-state index in [0.717, 1.165) is 0 Å². The van der Waals surface area contributed by atoms with Gasteiger partial charge in [-0.3, -0.25) is 9.59 Å². The molecule has 23 heavy (non-hydrogen) atoms. The fraction of sp³-hybridized carbons (Fsp3) is 0.667. The number of nitrogens with two attached hydrogens (primary N) is 1. The predicted molar refractivity (Wildman–Crippen MR) is 91.1 cm³/mol. The standard InChI is InChI=1S/C15H26N2O5S/c1-12(2)13(18)4-3-6-20-8-10-22-11-9-21-7-5-14(19)17-15(16)23/h1,3-11H2,2H3,(H3,16,17,19,23). The minimum atomic E-state index is -0.267. The lowest BCUT2D eigenvalue weighted by Crippen LogP contribution is -2.35. The van der Waals surface area contributed by atoms with Gasteiger partial charge in [-0.15, -0.1) is 0 Å². The summed E-state index contributed by atoms with van der Waals surface area (Å²) < 4.78 is 15.9. The number of hydrogen-bond acceptors (Lipinski definition) is 6. The van der Waals surface area contributed by atoms with Gasteiger partial charge in [0.1, 0.15) is 0 Å². The van der Waals surface area contributed by atoms with Crippen LogP contribution < -0.4 is 11.1 Å². The van der Waals surface area contributed by atoms with Crippen molar-refractivity contribution < 1.29 is 23.8 Å². The zero-order valence-corrected chi connectivity index (χ0v) is 14.4. The van der Waals surface area contributed by atoms with Crippen LogP contribution in [0.2, 0.25) is 0 Å². The first kappa shape index (κ1) is 21.6. The lowest BCUT2D eigenvalue weighted by molar-refractivity contribution is -0.121. The Morgan fingerprint density at radius 3 is 2.04 bits per heavy atom. The number of allylic oxidation sites excluding steroid dienone is 1. The van der Waals surface area contributed by atoms with Crippen molar-refractivity contribution in [3.63, 3.8) is 0 Å². The molecule has 0 unspecified atom stereocenters. The summed E-state index contributed by atoms with van der Waals surface area (Å²) in [5.74, 6) is -0.194. The highest BCUT2D eigenvalue weighted by atomic mass is 32.1. The van der Waals surface area contributed by atoms with E-state index in [1.54, 1.807) is 6.92 Å². The average Bonchev–Trinajstić information content (AvgIpc) is 2.47. The Balaban J connectivity index is 3.22. The van der Waals surface area contributed by atoms with Gasteiger partial charge in [0, 0.05) is 13.0 Å². The quantitative estimate of drug-likeness (QED) is 0.271. The summed E-state index contributed by atoms with van der Waals surface area (Å²) in [6, 6.07) is 0. The number of ether oxygens (including phenoxy) is 3. The number of hydrogen-bond donors (Lipinski definition) is 2. The van der Waals surface area contributed by atoms with Crippen molar-refractivity contribution in [2.24, 2.45) is 5.73 Å². The van der Waals surface area contributed by atoms with Crippen LogP contribution in [0.3, 0.4) is 0 Å². The lowest BCUT2D eigenvalue weighted by Gasteiger charge is -2.07. The molecule has 0 bridgehead atoms. The highest BCUT2D eigenvalue weighted by molar-refractivity contribution is 7.80. The van der Waals surface area contributed by atoms with E-state index in [-0.39, 0.29) is 29.8 Å². The summed E-state index contributed by atoms with van der Waals surface area (Å²) >= 11 is 4.54. The van der Waals surface area contributed by atoms with Gasteiger partial charge in [0.05, 0.1) is 39.5 Å². The van der Waals surface area contributed by atoms with Gasteiger partial charge in [-0.1, -0.05) is 6.58 Å². The zero-order chi connectivity index (χ0) is 17.5. The zero-order valence-electron chi connectivity index (χ0n) is 13.6. The minimum Gasteiger partial charge on any atom is -0.379 e. The van der Waals surface area contributed by atoms with Gasteiger partial charge in [-0.25, -0.2) is 0 Å². The number of rotatable bonds is 14. The molecule has 0 heterocycles. The van der Waals surface area contributed by atoms with Crippen molar-refractivity contribution >= 4 is 29.0 Å². The Morgan fingerprint density at radius 1 is 1.00 bits per heavy atom. The van der Waals surface area contributed by atoms with Crippen LogP contribution in [0, 0.1) is 0 Å². The molecule has 3 N–H and O–H groups in total. The molecular weight excluding hydrogens is 320 g/mol. The van der Waals surface area contributed by atoms with Crippen molar-refractivity contribution in [1.29, 1.82) is 0 Å². The van der Waals surface area contributed by atoms with E-state index in [0.29, 0.717) is 51.4 Å². The number of thiocarbonyl (C=S) groups is 1. The van der Waals surface area contributed by atoms with E-state index >= 15 is 0 Å². The maximum atomic E-state index is 11.3. The fourth-order valence-electron chi connectivity index (χ4n) is 1.45. The third kappa shape index (κ3) is 15.3. The third-order valence-electron chi connectivity index (χ3n) is 2.65. The monoisotopic (exact) mass is 346 g/mol. The van der Waals surface area contributed by atoms with Gasteiger partial charge < -0.3 is 25.3 Å². The van der Waals surface area contributed by atoms with Crippen molar-refractivity contribution in [3.05, 3.63) is 12.2 Å². The summed E-state index contributed by atoms with van der Waals surface area (Å²) in [5.41, 5.74) is 5.74. The van der Waals surface area contributed by atoms with Crippen LogP contribution >= 0.6 is 12.2 Å². The minimum absolute atomic E-state index is 0.0395. The number of carbonyl (C=O) groups is 2. The lowest BCUT2D eigenvalue weighted by atomic mass is 10.1. The van der Waals surface area contributed by atoms with Crippen LogP contribution in [0.25, 0.3) is 0 Å². The predicted octanol–water partition coefficient (Wildman–Crippen LogP) is 0.712.